The summed E-state index contributed by atoms with van der Waals surface area (Å²) in [7, 11) is 1.58. The summed E-state index contributed by atoms with van der Waals surface area (Å²) in [5, 5.41) is 0. The second-order valence-corrected chi connectivity index (χ2v) is 5.23. The molecule has 0 unspecified atom stereocenters. The van der Waals surface area contributed by atoms with Gasteiger partial charge in [0.2, 0.25) is 0 Å². The van der Waals surface area contributed by atoms with E-state index in [9.17, 15) is 4.79 Å². The molecule has 94 valence electrons. The monoisotopic (exact) mass is 235 g/mol. The molecular formula is C14H21NO2. The van der Waals surface area contributed by atoms with Crippen molar-refractivity contribution in [3.8, 4) is 0 Å². The molecule has 0 spiro atoms. The number of hydrogen-bond acceptors (Lipinski definition) is 3. The topological polar surface area (TPSA) is 38.3 Å². The Bertz CT molecular complexity index is 354. The molecule has 1 N–H and O–H groups in total. The summed E-state index contributed by atoms with van der Waals surface area (Å²) >= 11 is 0. The van der Waals surface area contributed by atoms with Crippen molar-refractivity contribution in [1.82, 2.24) is 5.48 Å². The lowest BCUT2D eigenvalue weighted by atomic mass is 9.83. The molecule has 1 aromatic rings. The minimum Gasteiger partial charge on any atom is -0.305 e. The van der Waals surface area contributed by atoms with E-state index >= 15 is 0 Å². The van der Waals surface area contributed by atoms with Crippen molar-refractivity contribution in [3.63, 3.8) is 0 Å². The van der Waals surface area contributed by atoms with Crippen molar-refractivity contribution in [2.24, 2.45) is 5.41 Å². The number of hydrogen-bond donors (Lipinski definition) is 1. The summed E-state index contributed by atoms with van der Waals surface area (Å²) in [5.41, 5.74) is 3.62. The van der Waals surface area contributed by atoms with Crippen LogP contribution in [0.25, 0.3) is 0 Å². The van der Waals surface area contributed by atoms with E-state index < -0.39 is 0 Å². The van der Waals surface area contributed by atoms with Gasteiger partial charge in [-0.3, -0.25) is 4.79 Å². The van der Waals surface area contributed by atoms with Crippen LogP contribution in [0.3, 0.4) is 0 Å². The molecule has 0 amide bonds. The molecule has 0 heterocycles. The first-order chi connectivity index (χ1) is 7.95. The molecule has 0 aliphatic rings. The number of carbonyl (C=O) groups is 1. The summed E-state index contributed by atoms with van der Waals surface area (Å²) in [6.45, 7) is 6.26. The highest BCUT2D eigenvalue weighted by Crippen LogP contribution is 2.23. The van der Waals surface area contributed by atoms with Gasteiger partial charge in [0.1, 0.15) is 0 Å². The van der Waals surface area contributed by atoms with E-state index in [1.807, 2.05) is 30.3 Å². The predicted octanol–water partition coefficient (Wildman–Crippen LogP) is 2.83. The smallest absolute Gasteiger partial charge is 0.164 e. The Labute approximate surface area is 103 Å². The van der Waals surface area contributed by atoms with Gasteiger partial charge in [0.05, 0.1) is 7.11 Å². The SMILES string of the molecule is CON[C@@H](CC(=O)c1ccccc1)C(C)(C)C. The van der Waals surface area contributed by atoms with Crippen LogP contribution < -0.4 is 5.48 Å². The molecule has 1 atom stereocenters. The Morgan fingerprint density at radius 1 is 1.29 bits per heavy atom. The van der Waals surface area contributed by atoms with Gasteiger partial charge in [-0.1, -0.05) is 51.1 Å². The fraction of sp³-hybridized carbons (Fsp3) is 0.500. The molecule has 3 nitrogen and oxygen atoms in total. The zero-order valence-corrected chi connectivity index (χ0v) is 11.0. The molecule has 0 bridgehead atoms. The highest BCUT2D eigenvalue weighted by atomic mass is 16.6. The number of hydroxylamine groups is 1. The predicted molar refractivity (Wildman–Crippen MR) is 68.8 cm³/mol. The van der Waals surface area contributed by atoms with Crippen LogP contribution in [0, 0.1) is 5.41 Å². The average molecular weight is 235 g/mol. The Balaban J connectivity index is 2.71. The van der Waals surface area contributed by atoms with Gasteiger partial charge < -0.3 is 4.84 Å². The fourth-order valence-corrected chi connectivity index (χ4v) is 1.59. The Morgan fingerprint density at radius 3 is 2.35 bits per heavy atom. The van der Waals surface area contributed by atoms with E-state index in [0.717, 1.165) is 5.56 Å². The summed E-state index contributed by atoms with van der Waals surface area (Å²) in [6, 6.07) is 9.35. The van der Waals surface area contributed by atoms with Crippen LogP contribution in [-0.4, -0.2) is 18.9 Å². The van der Waals surface area contributed by atoms with Crippen LogP contribution >= 0.6 is 0 Å². The standard InChI is InChI=1S/C14H21NO2/c1-14(2,3)13(15-17-4)10-12(16)11-8-6-5-7-9-11/h5-9,13,15H,10H2,1-4H3/t13-/m0/s1. The number of carbonyl (C=O) groups excluding carboxylic acids is 1. The number of rotatable bonds is 5. The first-order valence-electron chi connectivity index (χ1n) is 5.82. The molecule has 1 rings (SSSR count). The second-order valence-electron chi connectivity index (χ2n) is 5.23. The van der Waals surface area contributed by atoms with Crippen molar-refractivity contribution in [2.45, 2.75) is 33.2 Å². The van der Waals surface area contributed by atoms with Crippen LogP contribution in [0.2, 0.25) is 0 Å². The zero-order chi connectivity index (χ0) is 12.9. The molecule has 0 saturated heterocycles. The van der Waals surface area contributed by atoms with Crippen LogP contribution in [0.15, 0.2) is 30.3 Å². The Kier molecular flexibility index (Phi) is 4.85. The van der Waals surface area contributed by atoms with Crippen molar-refractivity contribution in [3.05, 3.63) is 35.9 Å². The molecule has 17 heavy (non-hydrogen) atoms. The molecule has 1 aromatic carbocycles. The third kappa shape index (κ3) is 4.29. The lowest BCUT2D eigenvalue weighted by Gasteiger charge is -2.30. The van der Waals surface area contributed by atoms with Crippen LogP contribution in [0.4, 0.5) is 0 Å². The Morgan fingerprint density at radius 2 is 1.88 bits per heavy atom. The number of ketones is 1. The summed E-state index contributed by atoms with van der Waals surface area (Å²) in [4.78, 5) is 17.0. The number of benzene rings is 1. The van der Waals surface area contributed by atoms with E-state index in [1.54, 1.807) is 7.11 Å². The van der Waals surface area contributed by atoms with Crippen molar-refractivity contribution >= 4 is 5.78 Å². The minimum absolute atomic E-state index is 0.000191. The first kappa shape index (κ1) is 13.9. The quantitative estimate of drug-likeness (QED) is 0.630. The van der Waals surface area contributed by atoms with Gasteiger partial charge in [0.15, 0.2) is 5.78 Å². The van der Waals surface area contributed by atoms with E-state index in [1.165, 1.54) is 0 Å². The van der Waals surface area contributed by atoms with Gasteiger partial charge in [-0.2, -0.15) is 5.48 Å². The first-order valence-corrected chi connectivity index (χ1v) is 5.82. The third-order valence-electron chi connectivity index (χ3n) is 2.79. The lowest BCUT2D eigenvalue weighted by Crippen LogP contribution is -2.41. The number of nitrogens with one attached hydrogen (secondary N) is 1. The lowest BCUT2D eigenvalue weighted by molar-refractivity contribution is 0.0210. The van der Waals surface area contributed by atoms with Gasteiger partial charge in [-0.15, -0.1) is 0 Å². The maximum absolute atomic E-state index is 12.1. The van der Waals surface area contributed by atoms with Gasteiger partial charge >= 0.3 is 0 Å². The molecule has 0 aliphatic carbocycles. The van der Waals surface area contributed by atoms with Crippen molar-refractivity contribution in [1.29, 1.82) is 0 Å². The maximum atomic E-state index is 12.1. The molecule has 0 saturated carbocycles. The number of Topliss-reactive ketones (excluding diaryl/α,β-unsaturated/α-hetero) is 1. The van der Waals surface area contributed by atoms with Crippen molar-refractivity contribution < 1.29 is 9.63 Å². The van der Waals surface area contributed by atoms with Gasteiger partial charge in [-0.05, 0) is 5.41 Å². The Hall–Kier alpha value is -1.19. The van der Waals surface area contributed by atoms with Gasteiger partial charge in [-0.25, -0.2) is 0 Å². The fourth-order valence-electron chi connectivity index (χ4n) is 1.59. The van der Waals surface area contributed by atoms with Crippen LogP contribution in [0.5, 0.6) is 0 Å². The van der Waals surface area contributed by atoms with E-state index in [0.29, 0.717) is 6.42 Å². The second kappa shape index (κ2) is 5.94. The normalized spacial score (nSPS) is 13.4. The minimum atomic E-state index is -0.0273. The van der Waals surface area contributed by atoms with Crippen LogP contribution in [-0.2, 0) is 4.84 Å². The summed E-state index contributed by atoms with van der Waals surface area (Å²) < 4.78 is 0. The molecular weight excluding hydrogens is 214 g/mol. The van der Waals surface area contributed by atoms with E-state index in [2.05, 4.69) is 26.3 Å². The summed E-state index contributed by atoms with van der Waals surface area (Å²) in [6.07, 6.45) is 0.432. The van der Waals surface area contributed by atoms with Gasteiger partial charge in [0, 0.05) is 18.0 Å². The highest BCUT2D eigenvalue weighted by Gasteiger charge is 2.27. The highest BCUT2D eigenvalue weighted by molar-refractivity contribution is 5.96. The zero-order valence-electron chi connectivity index (χ0n) is 11.0. The van der Waals surface area contributed by atoms with Crippen LogP contribution in [0.1, 0.15) is 37.6 Å². The maximum Gasteiger partial charge on any atom is 0.164 e. The van der Waals surface area contributed by atoms with E-state index in [4.69, 9.17) is 4.84 Å². The molecule has 0 aliphatic heterocycles. The molecule has 0 aromatic heterocycles. The largest absolute Gasteiger partial charge is 0.305 e. The third-order valence-corrected chi connectivity index (χ3v) is 2.79. The van der Waals surface area contributed by atoms with E-state index in [-0.39, 0.29) is 17.2 Å². The van der Waals surface area contributed by atoms with Crippen molar-refractivity contribution in [2.75, 3.05) is 7.11 Å². The molecule has 0 fully saturated rings. The summed E-state index contributed by atoms with van der Waals surface area (Å²) in [5.74, 6) is 0.134. The van der Waals surface area contributed by atoms with Gasteiger partial charge in [0.25, 0.3) is 0 Å². The molecule has 3 heteroatoms. The molecule has 0 radical (unpaired) electrons. The average Bonchev–Trinajstić information content (AvgIpc) is 2.28.